The summed E-state index contributed by atoms with van der Waals surface area (Å²) >= 11 is 0. The zero-order valence-electron chi connectivity index (χ0n) is 12.3. The van der Waals surface area contributed by atoms with Crippen molar-refractivity contribution in [3.05, 3.63) is 0 Å². The first-order valence-corrected chi connectivity index (χ1v) is 7.69. The van der Waals surface area contributed by atoms with E-state index in [0.29, 0.717) is 6.04 Å². The first-order valence-electron chi connectivity index (χ1n) is 7.69. The molecule has 0 aromatic heterocycles. The number of likely N-dealkylation sites (N-methyl/N-ethyl adjacent to an activating group) is 1. The van der Waals surface area contributed by atoms with E-state index in [1.807, 2.05) is 6.92 Å². The molecule has 0 spiro atoms. The van der Waals surface area contributed by atoms with Gasteiger partial charge in [-0.15, -0.1) is 0 Å². The van der Waals surface area contributed by atoms with Crippen LogP contribution in [0.15, 0.2) is 0 Å². The van der Waals surface area contributed by atoms with Crippen LogP contribution in [0.1, 0.15) is 52.4 Å². The number of rotatable bonds is 3. The molecule has 0 radical (unpaired) electrons. The molecule has 1 saturated carbocycles. The summed E-state index contributed by atoms with van der Waals surface area (Å²) in [6, 6.07) is 0.943. The van der Waals surface area contributed by atoms with Crippen LogP contribution >= 0.6 is 0 Å². The number of nitrogens with one attached hydrogen (secondary N) is 1. The molecular weight excluding hydrogens is 224 g/mol. The van der Waals surface area contributed by atoms with Crippen LogP contribution in [0, 0.1) is 5.92 Å². The van der Waals surface area contributed by atoms with Crippen molar-refractivity contribution in [2.24, 2.45) is 5.92 Å². The normalized spacial score (nSPS) is 42.2. The summed E-state index contributed by atoms with van der Waals surface area (Å²) in [5.41, 5.74) is -0.526. The average Bonchev–Trinajstić information content (AvgIpc) is 2.37. The fourth-order valence-electron chi connectivity index (χ4n) is 3.76. The van der Waals surface area contributed by atoms with Crippen molar-refractivity contribution in [2.45, 2.75) is 70.1 Å². The number of aliphatic hydroxyl groups is 1. The summed E-state index contributed by atoms with van der Waals surface area (Å²) in [4.78, 5) is 2.46. The van der Waals surface area contributed by atoms with E-state index in [0.717, 1.165) is 25.4 Å². The maximum Gasteiger partial charge on any atom is 0.0798 e. The molecule has 1 aliphatic carbocycles. The Hall–Kier alpha value is -0.120. The second-order valence-corrected chi connectivity index (χ2v) is 6.58. The molecule has 1 heterocycles. The molecule has 2 fully saturated rings. The first-order chi connectivity index (χ1) is 8.54. The average molecular weight is 254 g/mol. The number of hydrogen-bond donors (Lipinski definition) is 2. The third kappa shape index (κ3) is 3.06. The summed E-state index contributed by atoms with van der Waals surface area (Å²) in [6.45, 7) is 6.19. The number of hydrogen-bond acceptors (Lipinski definition) is 3. The lowest BCUT2D eigenvalue weighted by Crippen LogP contribution is -2.61. The Labute approximate surface area is 112 Å². The van der Waals surface area contributed by atoms with Gasteiger partial charge in [0, 0.05) is 12.6 Å². The van der Waals surface area contributed by atoms with Crippen LogP contribution in [-0.2, 0) is 0 Å². The van der Waals surface area contributed by atoms with Crippen molar-refractivity contribution in [1.82, 2.24) is 10.2 Å². The van der Waals surface area contributed by atoms with Crippen LogP contribution in [0.5, 0.6) is 0 Å². The van der Waals surface area contributed by atoms with Crippen molar-refractivity contribution >= 4 is 0 Å². The second kappa shape index (κ2) is 5.89. The molecule has 3 heteroatoms. The van der Waals surface area contributed by atoms with E-state index < -0.39 is 5.60 Å². The van der Waals surface area contributed by atoms with Gasteiger partial charge in [-0.25, -0.2) is 0 Å². The molecule has 1 saturated heterocycles. The Balaban J connectivity index is 1.92. The maximum absolute atomic E-state index is 10.6. The van der Waals surface area contributed by atoms with Gasteiger partial charge in [0.1, 0.15) is 0 Å². The Kier molecular flexibility index (Phi) is 4.68. The fraction of sp³-hybridized carbons (Fsp3) is 1.00. The Morgan fingerprint density at radius 2 is 1.94 bits per heavy atom. The summed E-state index contributed by atoms with van der Waals surface area (Å²) < 4.78 is 0. The topological polar surface area (TPSA) is 35.5 Å². The highest BCUT2D eigenvalue weighted by atomic mass is 16.3. The Morgan fingerprint density at radius 1 is 1.28 bits per heavy atom. The fourth-order valence-corrected chi connectivity index (χ4v) is 3.76. The highest BCUT2D eigenvalue weighted by Crippen LogP contribution is 2.32. The lowest BCUT2D eigenvalue weighted by atomic mass is 9.81. The lowest BCUT2D eigenvalue weighted by Gasteiger charge is -2.47. The molecule has 2 atom stereocenters. The molecule has 0 aromatic carbocycles. The molecule has 2 unspecified atom stereocenters. The van der Waals surface area contributed by atoms with Gasteiger partial charge in [0.15, 0.2) is 0 Å². The van der Waals surface area contributed by atoms with Crippen molar-refractivity contribution in [2.75, 3.05) is 20.1 Å². The smallest absolute Gasteiger partial charge is 0.0798 e. The maximum atomic E-state index is 10.6. The minimum Gasteiger partial charge on any atom is -0.388 e. The van der Waals surface area contributed by atoms with Gasteiger partial charge in [0.05, 0.1) is 11.6 Å². The lowest BCUT2D eigenvalue weighted by molar-refractivity contribution is -0.0624. The summed E-state index contributed by atoms with van der Waals surface area (Å²) in [7, 11) is 2.21. The predicted molar refractivity (Wildman–Crippen MR) is 75.7 cm³/mol. The molecule has 106 valence electrons. The summed E-state index contributed by atoms with van der Waals surface area (Å²) in [6.07, 6.45) is 7.55. The van der Waals surface area contributed by atoms with Crippen LogP contribution in [0.4, 0.5) is 0 Å². The van der Waals surface area contributed by atoms with Crippen molar-refractivity contribution in [3.8, 4) is 0 Å². The number of piperidine rings is 1. The third-order valence-corrected chi connectivity index (χ3v) is 5.32. The van der Waals surface area contributed by atoms with Crippen LogP contribution < -0.4 is 5.32 Å². The molecule has 0 aromatic rings. The van der Waals surface area contributed by atoms with Gasteiger partial charge in [0.2, 0.25) is 0 Å². The molecule has 18 heavy (non-hydrogen) atoms. The minimum absolute atomic E-state index is 0.273. The highest BCUT2D eigenvalue weighted by Gasteiger charge is 2.39. The van der Waals surface area contributed by atoms with Gasteiger partial charge in [-0.2, -0.15) is 0 Å². The Bertz CT molecular complexity index is 259. The monoisotopic (exact) mass is 254 g/mol. The van der Waals surface area contributed by atoms with E-state index in [1.165, 1.54) is 32.1 Å². The van der Waals surface area contributed by atoms with Gasteiger partial charge in [-0.3, -0.25) is 4.90 Å². The van der Waals surface area contributed by atoms with Gasteiger partial charge in [-0.1, -0.05) is 13.3 Å². The predicted octanol–water partition coefficient (Wildman–Crippen LogP) is 2.00. The molecule has 2 rings (SSSR count). The quantitative estimate of drug-likeness (QED) is 0.808. The molecule has 2 aliphatic rings. The largest absolute Gasteiger partial charge is 0.388 e. The number of nitrogens with zero attached hydrogens (tertiary/aromatic N) is 1. The SMILES string of the molecule is CCC1CCC(N(C)C2CNCCC2(C)O)CC1. The van der Waals surface area contributed by atoms with Gasteiger partial charge in [-0.05, 0) is 58.5 Å². The first kappa shape index (κ1) is 14.3. The van der Waals surface area contributed by atoms with E-state index in [-0.39, 0.29) is 6.04 Å². The van der Waals surface area contributed by atoms with Crippen molar-refractivity contribution in [3.63, 3.8) is 0 Å². The van der Waals surface area contributed by atoms with Gasteiger partial charge < -0.3 is 10.4 Å². The van der Waals surface area contributed by atoms with E-state index in [4.69, 9.17) is 0 Å². The van der Waals surface area contributed by atoms with Gasteiger partial charge in [0.25, 0.3) is 0 Å². The van der Waals surface area contributed by atoms with Gasteiger partial charge >= 0.3 is 0 Å². The van der Waals surface area contributed by atoms with Crippen LogP contribution in [-0.4, -0.2) is 47.8 Å². The molecular formula is C15H30N2O. The second-order valence-electron chi connectivity index (χ2n) is 6.58. The van der Waals surface area contributed by atoms with Crippen LogP contribution in [0.2, 0.25) is 0 Å². The molecule has 2 N–H and O–H groups in total. The van der Waals surface area contributed by atoms with E-state index in [1.54, 1.807) is 0 Å². The van der Waals surface area contributed by atoms with E-state index >= 15 is 0 Å². The van der Waals surface area contributed by atoms with Crippen LogP contribution in [0.25, 0.3) is 0 Å². The van der Waals surface area contributed by atoms with Crippen molar-refractivity contribution in [1.29, 1.82) is 0 Å². The minimum atomic E-state index is -0.526. The third-order valence-electron chi connectivity index (χ3n) is 5.32. The summed E-state index contributed by atoms with van der Waals surface area (Å²) in [5.74, 6) is 0.944. The molecule has 1 aliphatic heterocycles. The molecule has 0 bridgehead atoms. The van der Waals surface area contributed by atoms with E-state index in [2.05, 4.69) is 24.2 Å². The molecule has 3 nitrogen and oxygen atoms in total. The Morgan fingerprint density at radius 3 is 2.50 bits per heavy atom. The summed E-state index contributed by atoms with van der Waals surface area (Å²) in [5, 5.41) is 14.0. The van der Waals surface area contributed by atoms with Crippen LogP contribution in [0.3, 0.4) is 0 Å². The van der Waals surface area contributed by atoms with E-state index in [9.17, 15) is 5.11 Å². The zero-order valence-corrected chi connectivity index (χ0v) is 12.3. The zero-order chi connectivity index (χ0) is 13.2. The molecule has 0 amide bonds. The standard InChI is InChI=1S/C15H30N2O/c1-4-12-5-7-13(8-6-12)17(3)14-11-16-10-9-15(14,2)18/h12-14,16,18H,4-11H2,1-3H3. The highest BCUT2D eigenvalue weighted by molar-refractivity contribution is 4.96. The van der Waals surface area contributed by atoms with Crippen molar-refractivity contribution < 1.29 is 5.11 Å².